The number of hydrogen-bond donors (Lipinski definition) is 1. The number of aromatic nitrogens is 4. The fourth-order valence-corrected chi connectivity index (χ4v) is 2.86. The zero-order valence-corrected chi connectivity index (χ0v) is 14.1. The van der Waals surface area contributed by atoms with Crippen LogP contribution in [0.4, 0.5) is 14.6 Å². The van der Waals surface area contributed by atoms with Crippen molar-refractivity contribution in [1.29, 1.82) is 0 Å². The Morgan fingerprint density at radius 2 is 1.73 bits per heavy atom. The average Bonchev–Trinajstić information content (AvgIpc) is 3.06. The zero-order chi connectivity index (χ0) is 18.3. The van der Waals surface area contributed by atoms with Crippen molar-refractivity contribution in [3.05, 3.63) is 70.9 Å². The molecule has 130 valence electrons. The lowest BCUT2D eigenvalue weighted by Crippen LogP contribution is -2.04. The minimum atomic E-state index is -0.689. The van der Waals surface area contributed by atoms with Crippen LogP contribution >= 0.6 is 11.6 Å². The maximum atomic E-state index is 14.0. The second-order valence-electron chi connectivity index (χ2n) is 5.68. The van der Waals surface area contributed by atoms with Crippen LogP contribution in [0, 0.1) is 11.6 Å². The van der Waals surface area contributed by atoms with Gasteiger partial charge in [0, 0.05) is 17.3 Å². The zero-order valence-electron chi connectivity index (χ0n) is 13.3. The molecule has 0 unspecified atom stereocenters. The second kappa shape index (κ2) is 6.34. The van der Waals surface area contributed by atoms with Crippen LogP contribution in [0.5, 0.6) is 0 Å². The van der Waals surface area contributed by atoms with E-state index in [4.69, 9.17) is 17.3 Å². The molecule has 0 atom stereocenters. The van der Waals surface area contributed by atoms with E-state index in [-0.39, 0.29) is 22.9 Å². The van der Waals surface area contributed by atoms with Gasteiger partial charge in [-0.25, -0.2) is 18.7 Å². The Balaban J connectivity index is 1.77. The highest BCUT2D eigenvalue weighted by molar-refractivity contribution is 6.31. The van der Waals surface area contributed by atoms with Gasteiger partial charge in [0.2, 0.25) is 0 Å². The standard InChI is InChI=1S/C18H12ClF2N5/c19-15-11(13(20)6-7-14(15)21)8-26-9-12-16(22)23-17(24-18(12)25-26)10-4-2-1-3-5-10/h1-7,9H,8H2,(H2,22,23,24,25). The van der Waals surface area contributed by atoms with Crippen LogP contribution < -0.4 is 5.73 Å². The van der Waals surface area contributed by atoms with Crippen molar-refractivity contribution in [3.63, 3.8) is 0 Å². The molecule has 2 N–H and O–H groups in total. The van der Waals surface area contributed by atoms with Gasteiger partial charge in [0.25, 0.3) is 0 Å². The summed E-state index contributed by atoms with van der Waals surface area (Å²) in [6.45, 7) is -0.0566. The van der Waals surface area contributed by atoms with E-state index < -0.39 is 11.6 Å². The van der Waals surface area contributed by atoms with E-state index in [9.17, 15) is 8.78 Å². The molecule has 2 aromatic carbocycles. The number of fused-ring (bicyclic) bond motifs is 1. The Morgan fingerprint density at radius 3 is 2.50 bits per heavy atom. The number of nitrogen functional groups attached to an aromatic ring is 1. The summed E-state index contributed by atoms with van der Waals surface area (Å²) in [5.74, 6) is -0.604. The maximum absolute atomic E-state index is 14.0. The largest absolute Gasteiger partial charge is 0.383 e. The van der Waals surface area contributed by atoms with E-state index in [0.717, 1.165) is 17.7 Å². The molecule has 26 heavy (non-hydrogen) atoms. The number of benzene rings is 2. The molecule has 2 heterocycles. The molecule has 0 bridgehead atoms. The molecule has 0 aliphatic rings. The molecule has 0 radical (unpaired) electrons. The van der Waals surface area contributed by atoms with Crippen LogP contribution in [0.15, 0.2) is 48.7 Å². The molecule has 0 aliphatic carbocycles. The van der Waals surface area contributed by atoms with Gasteiger partial charge in [-0.3, -0.25) is 4.68 Å². The number of rotatable bonds is 3. The number of hydrogen-bond acceptors (Lipinski definition) is 4. The van der Waals surface area contributed by atoms with E-state index in [0.29, 0.717) is 16.9 Å². The number of anilines is 1. The number of halogens is 3. The predicted molar refractivity (Wildman–Crippen MR) is 95.6 cm³/mol. The van der Waals surface area contributed by atoms with Gasteiger partial charge in [0.05, 0.1) is 17.0 Å². The summed E-state index contributed by atoms with van der Waals surface area (Å²) in [5, 5.41) is 4.56. The molecular weight excluding hydrogens is 360 g/mol. The summed E-state index contributed by atoms with van der Waals surface area (Å²) in [4.78, 5) is 8.70. The Labute approximate surface area is 152 Å². The molecule has 2 aromatic heterocycles. The molecule has 4 rings (SSSR count). The molecule has 0 saturated carbocycles. The van der Waals surface area contributed by atoms with Crippen molar-refractivity contribution in [2.75, 3.05) is 5.73 Å². The van der Waals surface area contributed by atoms with Gasteiger partial charge in [0.15, 0.2) is 11.5 Å². The van der Waals surface area contributed by atoms with Crippen LogP contribution in [-0.4, -0.2) is 19.7 Å². The van der Waals surface area contributed by atoms with Crippen molar-refractivity contribution >= 4 is 28.5 Å². The molecule has 0 aliphatic heterocycles. The Hall–Kier alpha value is -3.06. The summed E-state index contributed by atoms with van der Waals surface area (Å²) >= 11 is 5.87. The van der Waals surface area contributed by atoms with Gasteiger partial charge >= 0.3 is 0 Å². The van der Waals surface area contributed by atoms with E-state index in [1.807, 2.05) is 30.3 Å². The van der Waals surface area contributed by atoms with Crippen LogP contribution in [0.2, 0.25) is 5.02 Å². The first-order valence-corrected chi connectivity index (χ1v) is 8.09. The van der Waals surface area contributed by atoms with Crippen LogP contribution in [0.25, 0.3) is 22.4 Å². The lowest BCUT2D eigenvalue weighted by Gasteiger charge is -2.06. The molecule has 4 aromatic rings. The fourth-order valence-electron chi connectivity index (χ4n) is 2.65. The molecule has 8 heteroatoms. The molecule has 0 amide bonds. The highest BCUT2D eigenvalue weighted by Gasteiger charge is 2.15. The van der Waals surface area contributed by atoms with Crippen molar-refractivity contribution < 1.29 is 8.78 Å². The van der Waals surface area contributed by atoms with Crippen molar-refractivity contribution in [2.24, 2.45) is 0 Å². The third kappa shape index (κ3) is 2.86. The minimum absolute atomic E-state index is 0.00860. The average molecular weight is 372 g/mol. The summed E-state index contributed by atoms with van der Waals surface area (Å²) in [6, 6.07) is 11.4. The number of nitrogens with two attached hydrogens (primary N) is 1. The Kier molecular flexibility index (Phi) is 4.00. The van der Waals surface area contributed by atoms with Gasteiger partial charge in [-0.2, -0.15) is 5.10 Å². The van der Waals surface area contributed by atoms with Gasteiger partial charge in [-0.1, -0.05) is 41.9 Å². The highest BCUT2D eigenvalue weighted by Crippen LogP contribution is 2.26. The summed E-state index contributed by atoms with van der Waals surface area (Å²) in [7, 11) is 0. The minimum Gasteiger partial charge on any atom is -0.383 e. The predicted octanol–water partition coefficient (Wildman–Crippen LogP) is 4.06. The molecule has 5 nitrogen and oxygen atoms in total. The Morgan fingerprint density at radius 1 is 1.00 bits per heavy atom. The van der Waals surface area contributed by atoms with Gasteiger partial charge in [0.1, 0.15) is 17.5 Å². The van der Waals surface area contributed by atoms with E-state index in [2.05, 4.69) is 15.1 Å². The fraction of sp³-hybridized carbons (Fsp3) is 0.0556. The smallest absolute Gasteiger partial charge is 0.186 e. The van der Waals surface area contributed by atoms with Crippen LogP contribution in [0.1, 0.15) is 5.56 Å². The Bertz CT molecular complexity index is 1110. The molecule has 0 spiro atoms. The SMILES string of the molecule is Nc1nc(-c2ccccc2)nc2nn(Cc3c(F)ccc(F)c3Cl)cc12. The number of nitrogens with zero attached hydrogens (tertiary/aromatic N) is 4. The summed E-state index contributed by atoms with van der Waals surface area (Å²) < 4.78 is 29.0. The van der Waals surface area contributed by atoms with E-state index in [1.54, 1.807) is 6.20 Å². The summed E-state index contributed by atoms with van der Waals surface area (Å²) in [6.07, 6.45) is 1.58. The van der Waals surface area contributed by atoms with Gasteiger partial charge in [-0.05, 0) is 12.1 Å². The topological polar surface area (TPSA) is 69.6 Å². The first kappa shape index (κ1) is 16.4. The van der Waals surface area contributed by atoms with E-state index >= 15 is 0 Å². The van der Waals surface area contributed by atoms with Crippen molar-refractivity contribution in [2.45, 2.75) is 6.54 Å². The first-order chi connectivity index (χ1) is 12.5. The molecule has 0 saturated heterocycles. The van der Waals surface area contributed by atoms with E-state index in [1.165, 1.54) is 4.68 Å². The highest BCUT2D eigenvalue weighted by atomic mass is 35.5. The van der Waals surface area contributed by atoms with Gasteiger partial charge < -0.3 is 5.73 Å². The summed E-state index contributed by atoms with van der Waals surface area (Å²) in [5.41, 5.74) is 7.19. The second-order valence-corrected chi connectivity index (χ2v) is 6.06. The molecule has 0 fully saturated rings. The quantitative estimate of drug-likeness (QED) is 0.551. The lowest BCUT2D eigenvalue weighted by molar-refractivity contribution is 0.568. The van der Waals surface area contributed by atoms with Crippen LogP contribution in [-0.2, 0) is 6.54 Å². The third-order valence-electron chi connectivity index (χ3n) is 3.95. The van der Waals surface area contributed by atoms with Crippen molar-refractivity contribution in [1.82, 2.24) is 19.7 Å². The normalized spacial score (nSPS) is 11.2. The monoisotopic (exact) mass is 371 g/mol. The van der Waals surface area contributed by atoms with Gasteiger partial charge in [-0.15, -0.1) is 0 Å². The first-order valence-electron chi connectivity index (χ1n) is 7.71. The van der Waals surface area contributed by atoms with Crippen molar-refractivity contribution in [3.8, 4) is 11.4 Å². The maximum Gasteiger partial charge on any atom is 0.186 e. The molecular formula is C18H12ClF2N5. The van der Waals surface area contributed by atoms with Crippen LogP contribution in [0.3, 0.4) is 0 Å². The third-order valence-corrected chi connectivity index (χ3v) is 4.36. The lowest BCUT2D eigenvalue weighted by atomic mass is 10.2.